The Morgan fingerprint density at radius 3 is 2.27 bits per heavy atom. The van der Waals surface area contributed by atoms with Crippen molar-refractivity contribution in [1.82, 2.24) is 0 Å². The monoisotopic (exact) mass is 352 g/mol. The number of carbonyl (C=O) groups is 1. The SMILES string of the molecule is Cc1ccccc1CNc1ccc(NC(=O)c2ccc(F)c(F)c2)cc1. The van der Waals surface area contributed by atoms with Crippen LogP contribution in [0.25, 0.3) is 0 Å². The fourth-order valence-electron chi connectivity index (χ4n) is 2.52. The van der Waals surface area contributed by atoms with Gasteiger partial charge in [-0.25, -0.2) is 8.78 Å². The molecule has 0 aromatic heterocycles. The lowest BCUT2D eigenvalue weighted by Crippen LogP contribution is -2.12. The second-order valence-electron chi connectivity index (χ2n) is 5.94. The van der Waals surface area contributed by atoms with E-state index in [2.05, 4.69) is 29.7 Å². The van der Waals surface area contributed by atoms with Gasteiger partial charge in [-0.15, -0.1) is 0 Å². The van der Waals surface area contributed by atoms with Crippen LogP contribution in [-0.4, -0.2) is 5.91 Å². The molecule has 0 spiro atoms. The summed E-state index contributed by atoms with van der Waals surface area (Å²) in [4.78, 5) is 12.1. The van der Waals surface area contributed by atoms with Gasteiger partial charge >= 0.3 is 0 Å². The summed E-state index contributed by atoms with van der Waals surface area (Å²) >= 11 is 0. The molecule has 3 aromatic rings. The molecule has 1 amide bonds. The van der Waals surface area contributed by atoms with Gasteiger partial charge in [0.2, 0.25) is 0 Å². The first-order valence-electron chi connectivity index (χ1n) is 8.18. The summed E-state index contributed by atoms with van der Waals surface area (Å²) in [7, 11) is 0. The van der Waals surface area contributed by atoms with E-state index in [4.69, 9.17) is 0 Å². The number of carbonyl (C=O) groups excluding carboxylic acids is 1. The van der Waals surface area contributed by atoms with Crippen molar-refractivity contribution in [3.8, 4) is 0 Å². The fraction of sp³-hybridized carbons (Fsp3) is 0.0952. The van der Waals surface area contributed by atoms with Gasteiger partial charge in [-0.1, -0.05) is 24.3 Å². The van der Waals surface area contributed by atoms with Crippen LogP contribution >= 0.6 is 0 Å². The second-order valence-corrected chi connectivity index (χ2v) is 5.94. The molecule has 2 N–H and O–H groups in total. The molecule has 0 aliphatic heterocycles. The van der Waals surface area contributed by atoms with Crippen LogP contribution in [0, 0.1) is 18.6 Å². The Kier molecular flexibility index (Phi) is 5.27. The van der Waals surface area contributed by atoms with Crippen LogP contribution in [0.5, 0.6) is 0 Å². The molecule has 0 unspecified atom stereocenters. The van der Waals surface area contributed by atoms with Gasteiger partial charge in [-0.2, -0.15) is 0 Å². The van der Waals surface area contributed by atoms with Crippen LogP contribution in [0.2, 0.25) is 0 Å². The Bertz CT molecular complexity index is 924. The predicted molar refractivity (Wildman–Crippen MR) is 99.3 cm³/mol. The summed E-state index contributed by atoms with van der Waals surface area (Å²) in [6.07, 6.45) is 0. The molecule has 0 aliphatic rings. The summed E-state index contributed by atoms with van der Waals surface area (Å²) in [5.74, 6) is -2.52. The van der Waals surface area contributed by atoms with Crippen LogP contribution in [-0.2, 0) is 6.54 Å². The van der Waals surface area contributed by atoms with Crippen molar-refractivity contribution in [1.29, 1.82) is 0 Å². The van der Waals surface area contributed by atoms with Gasteiger partial charge in [0.1, 0.15) is 0 Å². The summed E-state index contributed by atoms with van der Waals surface area (Å²) in [6.45, 7) is 2.77. The summed E-state index contributed by atoms with van der Waals surface area (Å²) in [5.41, 5.74) is 3.98. The van der Waals surface area contributed by atoms with Gasteiger partial charge < -0.3 is 10.6 Å². The van der Waals surface area contributed by atoms with E-state index in [-0.39, 0.29) is 5.56 Å². The van der Waals surface area contributed by atoms with E-state index in [1.807, 2.05) is 24.3 Å². The van der Waals surface area contributed by atoms with Crippen LogP contribution < -0.4 is 10.6 Å². The van der Waals surface area contributed by atoms with Gasteiger partial charge in [0.25, 0.3) is 5.91 Å². The number of hydrogen-bond donors (Lipinski definition) is 2. The Labute approximate surface area is 150 Å². The molecule has 3 aromatic carbocycles. The number of halogens is 2. The van der Waals surface area contributed by atoms with E-state index in [9.17, 15) is 13.6 Å². The van der Waals surface area contributed by atoms with Crippen LogP contribution in [0.4, 0.5) is 20.2 Å². The first kappa shape index (κ1) is 17.6. The maximum Gasteiger partial charge on any atom is 0.255 e. The lowest BCUT2D eigenvalue weighted by Gasteiger charge is -2.10. The molecule has 26 heavy (non-hydrogen) atoms. The van der Waals surface area contributed by atoms with Crippen molar-refractivity contribution in [2.24, 2.45) is 0 Å². The average Bonchev–Trinajstić information content (AvgIpc) is 2.64. The van der Waals surface area contributed by atoms with Crippen molar-refractivity contribution in [2.75, 3.05) is 10.6 Å². The minimum absolute atomic E-state index is 0.0608. The highest BCUT2D eigenvalue weighted by atomic mass is 19.2. The quantitative estimate of drug-likeness (QED) is 0.668. The van der Waals surface area contributed by atoms with Gasteiger partial charge in [0.15, 0.2) is 11.6 Å². The molecular weight excluding hydrogens is 334 g/mol. The van der Waals surface area contributed by atoms with Gasteiger partial charge in [-0.3, -0.25) is 4.79 Å². The minimum atomic E-state index is -1.05. The average molecular weight is 352 g/mol. The molecule has 132 valence electrons. The molecule has 0 aliphatic carbocycles. The molecule has 0 radical (unpaired) electrons. The zero-order chi connectivity index (χ0) is 18.5. The number of hydrogen-bond acceptors (Lipinski definition) is 2. The van der Waals surface area contributed by atoms with Gasteiger partial charge in [0.05, 0.1) is 0 Å². The lowest BCUT2D eigenvalue weighted by molar-refractivity contribution is 0.102. The van der Waals surface area contributed by atoms with E-state index < -0.39 is 17.5 Å². The minimum Gasteiger partial charge on any atom is -0.381 e. The molecule has 3 rings (SSSR count). The van der Waals surface area contributed by atoms with Gasteiger partial charge in [-0.05, 0) is 60.5 Å². The molecule has 0 atom stereocenters. The third-order valence-electron chi connectivity index (χ3n) is 4.07. The highest BCUT2D eigenvalue weighted by Crippen LogP contribution is 2.17. The topological polar surface area (TPSA) is 41.1 Å². The standard InChI is InChI=1S/C21H18F2N2O/c1-14-4-2-3-5-16(14)13-24-17-7-9-18(10-8-17)25-21(26)15-6-11-19(22)20(23)12-15/h2-12,24H,13H2,1H3,(H,25,26). The van der Waals surface area contributed by atoms with E-state index in [0.29, 0.717) is 12.2 Å². The third-order valence-corrected chi connectivity index (χ3v) is 4.07. The Morgan fingerprint density at radius 1 is 0.885 bits per heavy atom. The number of amides is 1. The van der Waals surface area contributed by atoms with Crippen molar-refractivity contribution < 1.29 is 13.6 Å². The number of anilines is 2. The molecule has 0 saturated heterocycles. The second kappa shape index (κ2) is 7.78. The molecule has 3 nitrogen and oxygen atoms in total. The maximum absolute atomic E-state index is 13.2. The number of nitrogens with one attached hydrogen (secondary N) is 2. The highest BCUT2D eigenvalue weighted by molar-refractivity contribution is 6.04. The van der Waals surface area contributed by atoms with Crippen molar-refractivity contribution >= 4 is 17.3 Å². The Hall–Kier alpha value is -3.21. The highest BCUT2D eigenvalue weighted by Gasteiger charge is 2.10. The zero-order valence-corrected chi connectivity index (χ0v) is 14.2. The van der Waals surface area contributed by atoms with E-state index in [0.717, 1.165) is 17.8 Å². The number of aryl methyl sites for hydroxylation is 1. The number of rotatable bonds is 5. The van der Waals surface area contributed by atoms with Crippen molar-refractivity contribution in [3.05, 3.63) is 95.1 Å². The summed E-state index contributed by atoms with van der Waals surface area (Å²) in [5, 5.41) is 5.98. The first-order chi connectivity index (χ1) is 12.5. The fourth-order valence-corrected chi connectivity index (χ4v) is 2.52. The normalized spacial score (nSPS) is 10.4. The van der Waals surface area contributed by atoms with E-state index in [1.165, 1.54) is 17.2 Å². The third kappa shape index (κ3) is 4.25. The first-order valence-corrected chi connectivity index (χ1v) is 8.18. The predicted octanol–water partition coefficient (Wildman–Crippen LogP) is 5.14. The van der Waals surface area contributed by atoms with Gasteiger partial charge in [0, 0.05) is 23.5 Å². The molecule has 5 heteroatoms. The summed E-state index contributed by atoms with van der Waals surface area (Å²) in [6, 6.07) is 18.4. The van der Waals surface area contributed by atoms with E-state index >= 15 is 0 Å². The molecular formula is C21H18F2N2O. The van der Waals surface area contributed by atoms with Crippen LogP contribution in [0.3, 0.4) is 0 Å². The van der Waals surface area contributed by atoms with E-state index in [1.54, 1.807) is 12.1 Å². The molecule has 0 heterocycles. The smallest absolute Gasteiger partial charge is 0.255 e. The summed E-state index contributed by atoms with van der Waals surface area (Å²) < 4.78 is 26.2. The Morgan fingerprint density at radius 2 is 1.58 bits per heavy atom. The lowest BCUT2D eigenvalue weighted by atomic mass is 10.1. The maximum atomic E-state index is 13.2. The number of benzene rings is 3. The Balaban J connectivity index is 1.61. The van der Waals surface area contributed by atoms with Crippen LogP contribution in [0.1, 0.15) is 21.5 Å². The van der Waals surface area contributed by atoms with Crippen LogP contribution in [0.15, 0.2) is 66.7 Å². The molecule has 0 bridgehead atoms. The molecule has 0 saturated carbocycles. The van der Waals surface area contributed by atoms with Crippen molar-refractivity contribution in [2.45, 2.75) is 13.5 Å². The largest absolute Gasteiger partial charge is 0.381 e. The van der Waals surface area contributed by atoms with Crippen molar-refractivity contribution in [3.63, 3.8) is 0 Å². The molecule has 0 fully saturated rings. The zero-order valence-electron chi connectivity index (χ0n) is 14.2.